The maximum Gasteiger partial charge on any atom is 0.177 e. The topological polar surface area (TPSA) is 9.23 Å². The molecule has 43 heavy (non-hydrogen) atoms. The SMILES string of the molecule is Cc1ccc(C[Si](C)(C)O[Si](C)(C)Cc2ccc(C)cc2P(c2ccccc2)C(C)C)c(P(c2ccccc2)C(C)C)c1. The van der Waals surface area contributed by atoms with Crippen molar-refractivity contribution in [1.29, 1.82) is 0 Å². The van der Waals surface area contributed by atoms with Crippen molar-refractivity contribution in [1.82, 2.24) is 0 Å². The van der Waals surface area contributed by atoms with Gasteiger partial charge in [0.05, 0.1) is 0 Å². The minimum absolute atomic E-state index is 0.436. The van der Waals surface area contributed by atoms with Gasteiger partial charge in [-0.05, 0) is 112 Å². The number of rotatable bonds is 12. The summed E-state index contributed by atoms with van der Waals surface area (Å²) in [7, 11) is -4.93. The van der Waals surface area contributed by atoms with Crippen molar-refractivity contribution in [2.45, 2.75) is 91.1 Å². The molecule has 2 atom stereocenters. The zero-order valence-corrected chi connectivity index (χ0v) is 31.9. The molecular formula is C38H52OP2Si2. The van der Waals surface area contributed by atoms with Crippen LogP contribution in [0.2, 0.25) is 26.2 Å². The van der Waals surface area contributed by atoms with E-state index in [1.807, 2.05) is 0 Å². The summed E-state index contributed by atoms with van der Waals surface area (Å²) >= 11 is 0. The van der Waals surface area contributed by atoms with E-state index >= 15 is 0 Å². The van der Waals surface area contributed by atoms with Crippen LogP contribution in [0.3, 0.4) is 0 Å². The third kappa shape index (κ3) is 9.09. The number of hydrogen-bond acceptors (Lipinski definition) is 1. The van der Waals surface area contributed by atoms with Gasteiger partial charge < -0.3 is 4.12 Å². The average molecular weight is 643 g/mol. The van der Waals surface area contributed by atoms with E-state index in [0.29, 0.717) is 11.3 Å². The van der Waals surface area contributed by atoms with Gasteiger partial charge in [0.25, 0.3) is 0 Å². The molecule has 4 aromatic carbocycles. The molecule has 2 unspecified atom stereocenters. The van der Waals surface area contributed by atoms with Gasteiger partial charge >= 0.3 is 0 Å². The first-order chi connectivity index (χ1) is 20.3. The first-order valence-corrected chi connectivity index (χ1v) is 24.9. The number of aryl methyl sites for hydroxylation is 2. The lowest BCUT2D eigenvalue weighted by molar-refractivity contribution is 0.538. The second kappa shape index (κ2) is 14.5. The van der Waals surface area contributed by atoms with Crippen LogP contribution in [0.5, 0.6) is 0 Å². The summed E-state index contributed by atoms with van der Waals surface area (Å²) in [6.45, 7) is 23.8. The van der Waals surface area contributed by atoms with Crippen LogP contribution in [-0.2, 0) is 16.2 Å². The molecule has 0 aliphatic carbocycles. The Hall–Kier alpha value is -1.87. The van der Waals surface area contributed by atoms with E-state index < -0.39 is 32.5 Å². The molecule has 0 fully saturated rings. The fourth-order valence-corrected chi connectivity index (χ4v) is 21.2. The van der Waals surface area contributed by atoms with Gasteiger partial charge in [0.2, 0.25) is 0 Å². The van der Waals surface area contributed by atoms with Crippen LogP contribution in [0, 0.1) is 13.8 Å². The van der Waals surface area contributed by atoms with E-state index in [1.165, 1.54) is 32.9 Å². The van der Waals surface area contributed by atoms with Crippen LogP contribution in [-0.4, -0.2) is 28.0 Å². The number of benzene rings is 4. The van der Waals surface area contributed by atoms with E-state index in [1.54, 1.807) is 10.6 Å². The molecule has 228 valence electrons. The van der Waals surface area contributed by atoms with Crippen LogP contribution in [0.4, 0.5) is 0 Å². The van der Waals surface area contributed by atoms with Gasteiger partial charge in [0.15, 0.2) is 16.6 Å². The lowest BCUT2D eigenvalue weighted by atomic mass is 10.2. The summed E-state index contributed by atoms with van der Waals surface area (Å²) in [6.07, 6.45) is 0. The molecule has 4 rings (SSSR count). The second-order valence-electron chi connectivity index (χ2n) is 13.8. The predicted octanol–water partition coefficient (Wildman–Crippen LogP) is 9.28. The number of hydrogen-bond donors (Lipinski definition) is 0. The van der Waals surface area contributed by atoms with E-state index in [9.17, 15) is 0 Å². The van der Waals surface area contributed by atoms with Crippen molar-refractivity contribution in [3.63, 3.8) is 0 Å². The fraction of sp³-hybridized carbons (Fsp3) is 0.368. The molecule has 0 radical (unpaired) electrons. The maximum atomic E-state index is 7.39. The molecular weight excluding hydrogens is 591 g/mol. The molecule has 0 saturated heterocycles. The van der Waals surface area contributed by atoms with E-state index in [4.69, 9.17) is 4.12 Å². The molecule has 0 heterocycles. The van der Waals surface area contributed by atoms with Gasteiger partial charge in [0.1, 0.15) is 0 Å². The van der Waals surface area contributed by atoms with Crippen LogP contribution in [0.1, 0.15) is 49.9 Å². The normalized spacial score (nSPS) is 13.9. The van der Waals surface area contributed by atoms with E-state index in [0.717, 1.165) is 12.1 Å². The highest BCUT2D eigenvalue weighted by molar-refractivity contribution is 7.74. The van der Waals surface area contributed by atoms with Crippen LogP contribution in [0.15, 0.2) is 97.1 Å². The monoisotopic (exact) mass is 642 g/mol. The van der Waals surface area contributed by atoms with Gasteiger partial charge in [0, 0.05) is 0 Å². The predicted molar refractivity (Wildman–Crippen MR) is 201 cm³/mol. The van der Waals surface area contributed by atoms with Crippen molar-refractivity contribution in [3.8, 4) is 0 Å². The summed E-state index contributed by atoms with van der Waals surface area (Å²) in [5.41, 5.74) is 6.86. The molecule has 0 spiro atoms. The smallest absolute Gasteiger partial charge is 0.177 e. The van der Waals surface area contributed by atoms with Crippen LogP contribution in [0.25, 0.3) is 0 Å². The highest BCUT2D eigenvalue weighted by Gasteiger charge is 2.36. The molecule has 0 aromatic heterocycles. The van der Waals surface area contributed by atoms with Crippen molar-refractivity contribution < 1.29 is 4.12 Å². The lowest BCUT2D eigenvalue weighted by Crippen LogP contribution is -2.48. The Labute approximate surface area is 267 Å². The Kier molecular flexibility index (Phi) is 11.5. The van der Waals surface area contributed by atoms with E-state index in [2.05, 4.69) is 165 Å². The van der Waals surface area contributed by atoms with Gasteiger partial charge in [-0.15, -0.1) is 0 Å². The van der Waals surface area contributed by atoms with Crippen molar-refractivity contribution in [3.05, 3.63) is 119 Å². The average Bonchev–Trinajstić information content (AvgIpc) is 2.92. The Bertz CT molecular complexity index is 1370. The summed E-state index contributed by atoms with van der Waals surface area (Å²) in [5.74, 6) is 0. The Morgan fingerprint density at radius 2 is 0.884 bits per heavy atom. The van der Waals surface area contributed by atoms with Crippen molar-refractivity contribution >= 4 is 53.7 Å². The van der Waals surface area contributed by atoms with Gasteiger partial charge in [-0.25, -0.2) is 0 Å². The zero-order chi connectivity index (χ0) is 31.4. The largest absolute Gasteiger partial charge is 0.455 e. The highest BCUT2D eigenvalue weighted by Crippen LogP contribution is 2.42. The minimum Gasteiger partial charge on any atom is -0.455 e. The summed E-state index contributed by atoms with van der Waals surface area (Å²) in [4.78, 5) is 0. The molecule has 0 N–H and O–H groups in total. The molecule has 5 heteroatoms. The first kappa shape index (κ1) is 34.0. The molecule has 0 amide bonds. The van der Waals surface area contributed by atoms with Gasteiger partial charge in [-0.2, -0.15) is 0 Å². The Morgan fingerprint density at radius 3 is 1.21 bits per heavy atom. The maximum absolute atomic E-state index is 7.39. The molecule has 1 nitrogen and oxygen atoms in total. The van der Waals surface area contributed by atoms with Crippen LogP contribution >= 0.6 is 15.8 Å². The second-order valence-corrected chi connectivity index (χ2v) is 27.9. The Morgan fingerprint density at radius 1 is 0.535 bits per heavy atom. The lowest BCUT2D eigenvalue weighted by Gasteiger charge is -2.36. The minimum atomic E-state index is -2.03. The quantitative estimate of drug-likeness (QED) is 0.111. The van der Waals surface area contributed by atoms with Crippen molar-refractivity contribution in [2.24, 2.45) is 0 Å². The van der Waals surface area contributed by atoms with Gasteiger partial charge in [-0.3, -0.25) is 0 Å². The third-order valence-corrected chi connectivity index (χ3v) is 20.4. The summed E-state index contributed by atoms with van der Waals surface area (Å²) in [5, 5.41) is 6.04. The standard InChI is InChI=1S/C38H52OP2Si2/c1-29(2)40(35-17-13-11-14-18-35)37-25-31(5)21-23-33(37)27-42(7,8)39-43(9,10)28-34-24-22-32(6)26-38(34)41(30(3)4)36-19-15-12-16-20-36/h11-26,29-30H,27-28H2,1-10H3. The summed E-state index contributed by atoms with van der Waals surface area (Å²) in [6, 6.07) is 38.8. The van der Waals surface area contributed by atoms with Gasteiger partial charge in [-0.1, -0.05) is 136 Å². The molecule has 0 saturated carbocycles. The Balaban J connectivity index is 1.63. The van der Waals surface area contributed by atoms with Crippen molar-refractivity contribution in [2.75, 3.05) is 0 Å². The molecule has 0 aliphatic rings. The fourth-order valence-electron chi connectivity index (χ4n) is 6.44. The third-order valence-electron chi connectivity index (χ3n) is 7.89. The van der Waals surface area contributed by atoms with E-state index in [-0.39, 0.29) is 0 Å². The summed E-state index contributed by atoms with van der Waals surface area (Å²) < 4.78 is 7.39. The highest BCUT2D eigenvalue weighted by atomic mass is 31.1. The zero-order valence-electron chi connectivity index (χ0n) is 28.1. The molecule has 4 aromatic rings. The molecule has 0 aliphatic heterocycles. The first-order valence-electron chi connectivity index (χ1n) is 15.8. The van der Waals surface area contributed by atoms with Crippen LogP contribution < -0.4 is 21.2 Å². The molecule has 0 bridgehead atoms.